The minimum Gasteiger partial charge on any atom is -0.493 e. The number of aliphatic imine (C=N–C) groups is 1. The molecule has 1 aromatic heterocycles. The van der Waals surface area contributed by atoms with Crippen LogP contribution in [0.5, 0.6) is 11.5 Å². The number of carbonyl (C=O) groups excluding carboxylic acids is 1. The van der Waals surface area contributed by atoms with Crippen molar-refractivity contribution in [2.24, 2.45) is 4.99 Å². The first-order valence-corrected chi connectivity index (χ1v) is 15.0. The van der Waals surface area contributed by atoms with E-state index in [2.05, 4.69) is 25.2 Å². The van der Waals surface area contributed by atoms with E-state index >= 15 is 0 Å². The van der Waals surface area contributed by atoms with Crippen LogP contribution in [0.4, 0.5) is 26.3 Å². The largest absolute Gasteiger partial charge is 0.493 e. The topological polar surface area (TPSA) is 67.3 Å². The zero-order valence-electron chi connectivity index (χ0n) is 23.5. The molecule has 0 radical (unpaired) electrons. The molecule has 2 aliphatic rings. The molecule has 5 rings (SSSR count). The maximum atomic E-state index is 13.5. The van der Waals surface area contributed by atoms with E-state index in [1.165, 1.54) is 24.9 Å². The second kappa shape index (κ2) is 12.8. The highest BCUT2D eigenvalue weighted by atomic mass is 32.2. The second-order valence-electron chi connectivity index (χ2n) is 10.00. The molecule has 1 amide bonds. The van der Waals surface area contributed by atoms with E-state index in [1.807, 2.05) is 6.92 Å². The highest BCUT2D eigenvalue weighted by Crippen LogP contribution is 2.39. The highest BCUT2D eigenvalue weighted by molar-refractivity contribution is 8.18. The molecule has 2 aliphatic heterocycles. The van der Waals surface area contributed by atoms with Gasteiger partial charge in [0.05, 0.1) is 33.8 Å². The number of alkyl halides is 6. The molecule has 0 N–H and O–H groups in total. The van der Waals surface area contributed by atoms with Crippen molar-refractivity contribution in [3.63, 3.8) is 0 Å². The van der Waals surface area contributed by atoms with Crippen molar-refractivity contribution in [3.8, 4) is 11.5 Å². The van der Waals surface area contributed by atoms with Crippen molar-refractivity contribution in [2.45, 2.75) is 32.4 Å². The molecule has 1 fully saturated rings. The summed E-state index contributed by atoms with van der Waals surface area (Å²) in [5.41, 5.74) is -1.69. The van der Waals surface area contributed by atoms with Gasteiger partial charge in [-0.3, -0.25) is 9.69 Å². The van der Waals surface area contributed by atoms with E-state index in [0.717, 1.165) is 36.4 Å². The van der Waals surface area contributed by atoms with Gasteiger partial charge in [0.15, 0.2) is 16.7 Å². The first-order valence-electron chi connectivity index (χ1n) is 13.3. The minimum absolute atomic E-state index is 0.0705. The van der Waals surface area contributed by atoms with Crippen LogP contribution in [0.15, 0.2) is 51.7 Å². The molecule has 1 saturated heterocycles. The Hall–Kier alpha value is -3.56. The van der Waals surface area contributed by atoms with Crippen molar-refractivity contribution < 1.29 is 40.6 Å². The molecular formula is C29H26F6N4O3S2. The molecule has 0 saturated carbocycles. The molecule has 0 bridgehead atoms. The third kappa shape index (κ3) is 7.56. The van der Waals surface area contributed by atoms with Gasteiger partial charge in [-0.1, -0.05) is 12.1 Å². The molecule has 234 valence electrons. The fourth-order valence-corrected chi connectivity index (χ4v) is 6.25. The zero-order chi connectivity index (χ0) is 31.6. The molecule has 0 unspecified atom stereocenters. The predicted molar refractivity (Wildman–Crippen MR) is 155 cm³/mol. The van der Waals surface area contributed by atoms with Gasteiger partial charge in [0.1, 0.15) is 6.61 Å². The average Bonchev–Trinajstić information content (AvgIpc) is 3.55. The predicted octanol–water partition coefficient (Wildman–Crippen LogP) is 6.86. The second-order valence-corrected chi connectivity index (χ2v) is 12.1. The number of ether oxygens (including phenoxy) is 2. The number of amidine groups is 1. The molecule has 0 spiro atoms. The van der Waals surface area contributed by atoms with Crippen LogP contribution in [-0.4, -0.2) is 59.1 Å². The van der Waals surface area contributed by atoms with Crippen LogP contribution in [-0.2, 0) is 30.3 Å². The lowest BCUT2D eigenvalue weighted by atomic mass is 10.0. The van der Waals surface area contributed by atoms with Gasteiger partial charge >= 0.3 is 12.4 Å². The van der Waals surface area contributed by atoms with Gasteiger partial charge < -0.3 is 14.4 Å². The summed E-state index contributed by atoms with van der Waals surface area (Å²) in [6, 6.07) is 5.99. The van der Waals surface area contributed by atoms with E-state index in [0.29, 0.717) is 34.8 Å². The number of halogens is 6. The van der Waals surface area contributed by atoms with Crippen LogP contribution in [0, 0.1) is 6.92 Å². The van der Waals surface area contributed by atoms with Crippen molar-refractivity contribution in [1.29, 1.82) is 0 Å². The molecule has 2 aromatic carbocycles. The fourth-order valence-electron chi connectivity index (χ4n) is 4.68. The Balaban J connectivity index is 1.22. The lowest BCUT2D eigenvalue weighted by molar-refractivity contribution is -0.143. The fraction of sp³-hybridized carbons (Fsp3) is 0.345. The summed E-state index contributed by atoms with van der Waals surface area (Å²) < 4.78 is 90.4. The Kier molecular flexibility index (Phi) is 9.28. The van der Waals surface area contributed by atoms with E-state index < -0.39 is 35.6 Å². The summed E-state index contributed by atoms with van der Waals surface area (Å²) in [6.07, 6.45) is -8.30. The van der Waals surface area contributed by atoms with E-state index in [4.69, 9.17) is 9.47 Å². The van der Waals surface area contributed by atoms with Crippen LogP contribution < -0.4 is 9.47 Å². The van der Waals surface area contributed by atoms with Crippen molar-refractivity contribution in [3.05, 3.63) is 79.6 Å². The molecule has 3 aromatic rings. The number of aromatic nitrogens is 1. The standard InChI is InChI=1S/C29H26F6N4O3S2/c1-17-36-21(16-43-17)14-38-7-9-39(10-8-38)27-37-26(40)25(44-27)12-18-3-6-23(24(11-18)41-2)42-15-19-4-5-20(28(30,31)32)13-22(19)29(33,34)35/h3-6,11-13,16H,7-10,14-15H2,1-2H3/b25-12-. The zero-order valence-corrected chi connectivity index (χ0v) is 25.1. The first-order chi connectivity index (χ1) is 20.8. The van der Waals surface area contributed by atoms with E-state index in [1.54, 1.807) is 29.5 Å². The van der Waals surface area contributed by atoms with E-state index in [9.17, 15) is 31.1 Å². The summed E-state index contributed by atoms with van der Waals surface area (Å²) in [7, 11) is 1.34. The molecule has 3 heterocycles. The Labute approximate surface area is 257 Å². The van der Waals surface area contributed by atoms with Gasteiger partial charge in [0.25, 0.3) is 5.91 Å². The number of nitrogens with zero attached hydrogens (tertiary/aromatic N) is 4. The van der Waals surface area contributed by atoms with Crippen molar-refractivity contribution in [2.75, 3.05) is 33.3 Å². The molecule has 7 nitrogen and oxygen atoms in total. The maximum absolute atomic E-state index is 13.5. The number of rotatable bonds is 7. The van der Waals surface area contributed by atoms with Gasteiger partial charge in [0.2, 0.25) is 0 Å². The normalized spacial score (nSPS) is 17.4. The van der Waals surface area contributed by atoms with Gasteiger partial charge in [-0.2, -0.15) is 31.3 Å². The van der Waals surface area contributed by atoms with Crippen LogP contribution in [0.1, 0.15) is 33.0 Å². The highest BCUT2D eigenvalue weighted by Gasteiger charge is 2.38. The number of thiazole rings is 1. The van der Waals surface area contributed by atoms with Crippen molar-refractivity contribution >= 4 is 40.2 Å². The average molecular weight is 657 g/mol. The number of amides is 1. The number of benzene rings is 2. The molecule has 0 aliphatic carbocycles. The van der Waals surface area contributed by atoms with Crippen LogP contribution in [0.25, 0.3) is 6.08 Å². The number of methoxy groups -OCH3 is 1. The Morgan fingerprint density at radius 3 is 2.36 bits per heavy atom. The lowest BCUT2D eigenvalue weighted by Crippen LogP contribution is -2.47. The Morgan fingerprint density at radius 2 is 1.73 bits per heavy atom. The number of carbonyl (C=O) groups is 1. The van der Waals surface area contributed by atoms with Crippen molar-refractivity contribution in [1.82, 2.24) is 14.8 Å². The third-order valence-corrected chi connectivity index (χ3v) is 8.78. The monoisotopic (exact) mass is 656 g/mol. The van der Waals surface area contributed by atoms with Gasteiger partial charge in [-0.05, 0) is 54.6 Å². The summed E-state index contributed by atoms with van der Waals surface area (Å²) in [6.45, 7) is 5.14. The van der Waals surface area contributed by atoms with Gasteiger partial charge in [-0.25, -0.2) is 4.98 Å². The molecule has 0 atom stereocenters. The molecular weight excluding hydrogens is 630 g/mol. The quantitative estimate of drug-likeness (QED) is 0.203. The van der Waals surface area contributed by atoms with Crippen LogP contribution >= 0.6 is 23.1 Å². The number of hydrogen-bond donors (Lipinski definition) is 0. The summed E-state index contributed by atoms with van der Waals surface area (Å²) >= 11 is 2.88. The van der Waals surface area contributed by atoms with Gasteiger partial charge in [0, 0.05) is 43.7 Å². The Morgan fingerprint density at radius 1 is 0.977 bits per heavy atom. The summed E-state index contributed by atoms with van der Waals surface area (Å²) in [4.78, 5) is 26.2. The number of hydrogen-bond acceptors (Lipinski definition) is 8. The summed E-state index contributed by atoms with van der Waals surface area (Å²) in [5.74, 6) is -0.134. The number of aryl methyl sites for hydroxylation is 1. The first kappa shape index (κ1) is 31.9. The molecule has 15 heteroatoms. The smallest absolute Gasteiger partial charge is 0.416 e. The van der Waals surface area contributed by atoms with E-state index in [-0.39, 0.29) is 23.5 Å². The molecule has 44 heavy (non-hydrogen) atoms. The van der Waals surface area contributed by atoms with Gasteiger partial charge in [-0.15, -0.1) is 11.3 Å². The SMILES string of the molecule is COc1cc(/C=C2\SC(N3CCN(Cc4csc(C)n4)CC3)=NC2=O)ccc1OCc1ccc(C(F)(F)F)cc1C(F)(F)F. The lowest BCUT2D eigenvalue weighted by Gasteiger charge is -2.34. The number of piperazine rings is 1. The van der Waals surface area contributed by atoms with Crippen LogP contribution in [0.3, 0.4) is 0 Å². The minimum atomic E-state index is -5.01. The Bertz CT molecular complexity index is 1590. The number of thioether (sulfide) groups is 1. The summed E-state index contributed by atoms with van der Waals surface area (Å²) in [5, 5.41) is 3.71. The maximum Gasteiger partial charge on any atom is 0.416 e. The third-order valence-electron chi connectivity index (χ3n) is 6.92. The van der Waals surface area contributed by atoms with Crippen LogP contribution in [0.2, 0.25) is 0 Å².